The lowest BCUT2D eigenvalue weighted by atomic mass is 9.91. The lowest BCUT2D eigenvalue weighted by Crippen LogP contribution is -2.42. The molecule has 0 bridgehead atoms. The van der Waals surface area contributed by atoms with Gasteiger partial charge in [-0.05, 0) is 42.8 Å². The Bertz CT molecular complexity index is 1110. The predicted octanol–water partition coefficient (Wildman–Crippen LogP) is 2.13. The van der Waals surface area contributed by atoms with E-state index in [1.165, 1.54) is 6.07 Å². The summed E-state index contributed by atoms with van der Waals surface area (Å²) in [4.78, 5) is 38.9. The number of hydrogen-bond donors (Lipinski definition) is 2. The van der Waals surface area contributed by atoms with Crippen LogP contribution in [0, 0.1) is 11.3 Å². The highest BCUT2D eigenvalue weighted by Gasteiger charge is 2.49. The van der Waals surface area contributed by atoms with E-state index in [1.807, 2.05) is 6.07 Å². The van der Waals surface area contributed by atoms with Crippen LogP contribution in [0.25, 0.3) is 0 Å². The van der Waals surface area contributed by atoms with E-state index in [4.69, 9.17) is 14.7 Å². The van der Waals surface area contributed by atoms with Gasteiger partial charge in [0.1, 0.15) is 12.1 Å². The fourth-order valence-electron chi connectivity index (χ4n) is 3.52. The zero-order valence-corrected chi connectivity index (χ0v) is 16.8. The van der Waals surface area contributed by atoms with Gasteiger partial charge in [0.15, 0.2) is 11.5 Å². The smallest absolute Gasteiger partial charge is 0.325 e. The fourth-order valence-corrected chi connectivity index (χ4v) is 3.52. The number of carbonyl (C=O) groups is 3. The molecule has 0 aromatic heterocycles. The second-order valence-electron chi connectivity index (χ2n) is 7.40. The van der Waals surface area contributed by atoms with Crippen LogP contribution in [-0.2, 0) is 15.1 Å². The van der Waals surface area contributed by atoms with Crippen molar-refractivity contribution in [1.82, 2.24) is 10.2 Å². The van der Waals surface area contributed by atoms with Gasteiger partial charge in [-0.25, -0.2) is 4.79 Å². The van der Waals surface area contributed by atoms with E-state index in [2.05, 4.69) is 10.6 Å². The number of urea groups is 1. The van der Waals surface area contributed by atoms with Crippen LogP contribution in [0.1, 0.15) is 24.5 Å². The molecule has 158 valence electrons. The maximum absolute atomic E-state index is 13.1. The molecule has 0 saturated carbocycles. The maximum atomic E-state index is 13.1. The van der Waals surface area contributed by atoms with Crippen LogP contribution in [0.2, 0.25) is 0 Å². The first-order valence-corrected chi connectivity index (χ1v) is 9.75. The molecule has 2 aromatic rings. The van der Waals surface area contributed by atoms with Gasteiger partial charge in [-0.1, -0.05) is 12.1 Å². The van der Waals surface area contributed by atoms with E-state index in [-0.39, 0.29) is 0 Å². The molecule has 2 N–H and O–H groups in total. The Kier molecular flexibility index (Phi) is 5.21. The number of anilines is 1. The number of nitriles is 1. The van der Waals surface area contributed by atoms with E-state index in [9.17, 15) is 14.4 Å². The maximum Gasteiger partial charge on any atom is 0.325 e. The van der Waals surface area contributed by atoms with Crippen molar-refractivity contribution in [2.45, 2.75) is 18.9 Å². The second kappa shape index (κ2) is 7.99. The van der Waals surface area contributed by atoms with Crippen LogP contribution in [0.4, 0.5) is 10.5 Å². The van der Waals surface area contributed by atoms with Gasteiger partial charge in [0.2, 0.25) is 5.91 Å². The molecule has 4 amide bonds. The van der Waals surface area contributed by atoms with Crippen molar-refractivity contribution in [1.29, 1.82) is 5.26 Å². The number of nitrogens with zero attached hydrogens (tertiary/aromatic N) is 2. The summed E-state index contributed by atoms with van der Waals surface area (Å²) in [5, 5.41) is 14.2. The standard InChI is InChI=1S/C22H20N4O5/c1-22(15-6-7-17-18(11-15)31-9-3-8-30-17)20(28)26(21(29)25-22)13-19(27)24-16-5-2-4-14(10-16)12-23/h2,4-7,10-11H,3,8-9,13H2,1H3,(H,24,27)(H,25,29)/t22-/m1/s1. The summed E-state index contributed by atoms with van der Waals surface area (Å²) in [7, 11) is 0. The Morgan fingerprint density at radius 1 is 1.19 bits per heavy atom. The molecular formula is C22H20N4O5. The summed E-state index contributed by atoms with van der Waals surface area (Å²) in [6, 6.07) is 12.8. The monoisotopic (exact) mass is 420 g/mol. The van der Waals surface area contributed by atoms with Crippen LogP contribution >= 0.6 is 0 Å². The molecule has 1 saturated heterocycles. The molecule has 0 aliphatic carbocycles. The van der Waals surface area contributed by atoms with Crippen molar-refractivity contribution < 1.29 is 23.9 Å². The lowest BCUT2D eigenvalue weighted by Gasteiger charge is -2.23. The SMILES string of the molecule is C[C@]1(c2ccc3c(c2)OCCCO3)NC(=O)N(CC(=O)Nc2cccc(C#N)c2)C1=O. The van der Waals surface area contributed by atoms with Gasteiger partial charge in [0.25, 0.3) is 5.91 Å². The molecule has 4 rings (SSSR count). The molecule has 1 atom stereocenters. The molecule has 0 unspecified atom stereocenters. The topological polar surface area (TPSA) is 121 Å². The van der Waals surface area contributed by atoms with Gasteiger partial charge < -0.3 is 20.1 Å². The van der Waals surface area contributed by atoms with Crippen molar-refractivity contribution in [3.8, 4) is 17.6 Å². The molecule has 2 heterocycles. The number of rotatable bonds is 4. The first kappa shape index (κ1) is 20.2. The minimum atomic E-state index is -1.34. The van der Waals surface area contributed by atoms with E-state index >= 15 is 0 Å². The molecular weight excluding hydrogens is 400 g/mol. The largest absolute Gasteiger partial charge is 0.490 e. The van der Waals surface area contributed by atoms with Crippen molar-refractivity contribution in [2.75, 3.05) is 25.1 Å². The summed E-state index contributed by atoms with van der Waals surface area (Å²) < 4.78 is 11.3. The van der Waals surface area contributed by atoms with Crippen molar-refractivity contribution in [2.24, 2.45) is 0 Å². The van der Waals surface area contributed by atoms with Crippen molar-refractivity contribution in [3.63, 3.8) is 0 Å². The molecule has 31 heavy (non-hydrogen) atoms. The molecule has 0 radical (unpaired) electrons. The molecule has 1 fully saturated rings. The van der Waals surface area contributed by atoms with Crippen LogP contribution in [0.5, 0.6) is 11.5 Å². The van der Waals surface area contributed by atoms with E-state index in [0.29, 0.717) is 41.5 Å². The average Bonchev–Trinajstić information content (AvgIpc) is 2.93. The number of hydrogen-bond acceptors (Lipinski definition) is 6. The van der Waals surface area contributed by atoms with Crippen LogP contribution in [-0.4, -0.2) is 42.5 Å². The highest BCUT2D eigenvalue weighted by Crippen LogP contribution is 2.36. The third kappa shape index (κ3) is 3.88. The summed E-state index contributed by atoms with van der Waals surface area (Å²) in [6.07, 6.45) is 0.747. The third-order valence-electron chi connectivity index (χ3n) is 5.18. The first-order chi connectivity index (χ1) is 14.9. The fraction of sp³-hybridized carbons (Fsp3) is 0.273. The number of amides is 4. The minimum absolute atomic E-state index is 0.384. The summed E-state index contributed by atoms with van der Waals surface area (Å²) in [5.41, 5.74) is -0.0285. The minimum Gasteiger partial charge on any atom is -0.490 e. The first-order valence-electron chi connectivity index (χ1n) is 9.75. The second-order valence-corrected chi connectivity index (χ2v) is 7.40. The number of nitrogens with one attached hydrogen (secondary N) is 2. The Morgan fingerprint density at radius 2 is 1.97 bits per heavy atom. The Morgan fingerprint density at radius 3 is 2.74 bits per heavy atom. The average molecular weight is 420 g/mol. The Hall–Kier alpha value is -4.06. The predicted molar refractivity (Wildman–Crippen MR) is 109 cm³/mol. The number of imide groups is 1. The molecule has 0 spiro atoms. The molecule has 9 heteroatoms. The Balaban J connectivity index is 1.51. The molecule has 2 aromatic carbocycles. The number of fused-ring (bicyclic) bond motifs is 1. The van der Waals surface area contributed by atoms with Crippen molar-refractivity contribution in [3.05, 3.63) is 53.6 Å². The normalized spacial score (nSPS) is 19.9. The van der Waals surface area contributed by atoms with Gasteiger partial charge >= 0.3 is 6.03 Å². The third-order valence-corrected chi connectivity index (χ3v) is 5.18. The van der Waals surface area contributed by atoms with Gasteiger partial charge in [-0.3, -0.25) is 14.5 Å². The number of ether oxygens (including phenoxy) is 2. The zero-order chi connectivity index (χ0) is 22.0. The Labute approximate surface area is 178 Å². The quantitative estimate of drug-likeness (QED) is 0.731. The highest BCUT2D eigenvalue weighted by molar-refractivity contribution is 6.10. The van der Waals surface area contributed by atoms with E-state index in [1.54, 1.807) is 43.3 Å². The zero-order valence-electron chi connectivity index (χ0n) is 16.8. The molecule has 2 aliphatic rings. The van der Waals surface area contributed by atoms with Gasteiger partial charge in [0.05, 0.1) is 24.8 Å². The van der Waals surface area contributed by atoms with Gasteiger partial charge in [-0.15, -0.1) is 0 Å². The van der Waals surface area contributed by atoms with Crippen LogP contribution in [0.15, 0.2) is 42.5 Å². The molecule has 2 aliphatic heterocycles. The van der Waals surface area contributed by atoms with Crippen molar-refractivity contribution >= 4 is 23.5 Å². The highest BCUT2D eigenvalue weighted by atomic mass is 16.5. The number of benzene rings is 2. The summed E-state index contributed by atoms with van der Waals surface area (Å²) in [6.45, 7) is 2.16. The molecule has 9 nitrogen and oxygen atoms in total. The van der Waals surface area contributed by atoms with Crippen LogP contribution in [0.3, 0.4) is 0 Å². The van der Waals surface area contributed by atoms with Gasteiger partial charge in [-0.2, -0.15) is 5.26 Å². The summed E-state index contributed by atoms with van der Waals surface area (Å²) >= 11 is 0. The summed E-state index contributed by atoms with van der Waals surface area (Å²) in [5.74, 6) is -0.0151. The van der Waals surface area contributed by atoms with Crippen LogP contribution < -0.4 is 20.1 Å². The number of carbonyl (C=O) groups excluding carboxylic acids is 3. The van der Waals surface area contributed by atoms with E-state index in [0.717, 1.165) is 11.3 Å². The van der Waals surface area contributed by atoms with Gasteiger partial charge in [0, 0.05) is 12.1 Å². The van der Waals surface area contributed by atoms with E-state index < -0.39 is 29.9 Å². The lowest BCUT2D eigenvalue weighted by molar-refractivity contribution is -0.133.